The molecule has 0 aromatic carbocycles. The average Bonchev–Trinajstić information content (AvgIpc) is 3.18. The minimum absolute atomic E-state index is 0.222. The summed E-state index contributed by atoms with van der Waals surface area (Å²) in [6.45, 7) is 1.99. The Kier molecular flexibility index (Phi) is 3.98. The molecule has 1 aliphatic heterocycles. The van der Waals surface area contributed by atoms with Crippen LogP contribution in [-0.2, 0) is 11.3 Å². The summed E-state index contributed by atoms with van der Waals surface area (Å²) >= 11 is 1.62. The van der Waals surface area contributed by atoms with Gasteiger partial charge in [0.15, 0.2) is 0 Å². The van der Waals surface area contributed by atoms with E-state index in [2.05, 4.69) is 15.7 Å². The standard InChI is InChI=1S/C13H16N4O2S/c18-13(14-7-12-2-1-5-20-12)16-10-6-15-17(8-10)11-3-4-19-9-11/h1-2,5-6,8,11H,3-4,7,9H2,(H2,14,16,18)/t11-/m1/s1. The topological polar surface area (TPSA) is 68.2 Å². The van der Waals surface area contributed by atoms with E-state index in [0.29, 0.717) is 18.8 Å². The summed E-state index contributed by atoms with van der Waals surface area (Å²) < 4.78 is 7.17. The van der Waals surface area contributed by atoms with Crippen molar-refractivity contribution in [3.63, 3.8) is 0 Å². The fraction of sp³-hybridized carbons (Fsp3) is 0.385. The fourth-order valence-electron chi connectivity index (χ4n) is 2.09. The zero-order valence-corrected chi connectivity index (χ0v) is 11.7. The molecule has 0 radical (unpaired) electrons. The third-order valence-electron chi connectivity index (χ3n) is 3.14. The summed E-state index contributed by atoms with van der Waals surface area (Å²) in [6, 6.07) is 4.01. The van der Waals surface area contributed by atoms with Crippen LogP contribution in [0, 0.1) is 0 Å². The van der Waals surface area contributed by atoms with E-state index in [1.165, 1.54) is 0 Å². The summed E-state index contributed by atoms with van der Waals surface area (Å²) in [6.07, 6.45) is 4.46. The number of aromatic nitrogens is 2. The van der Waals surface area contributed by atoms with Crippen molar-refractivity contribution in [2.24, 2.45) is 0 Å². The van der Waals surface area contributed by atoms with E-state index in [1.807, 2.05) is 28.4 Å². The number of thiophene rings is 1. The number of urea groups is 1. The monoisotopic (exact) mass is 292 g/mol. The largest absolute Gasteiger partial charge is 0.379 e. The molecule has 1 saturated heterocycles. The van der Waals surface area contributed by atoms with Crippen molar-refractivity contribution in [1.29, 1.82) is 0 Å². The van der Waals surface area contributed by atoms with E-state index in [-0.39, 0.29) is 12.1 Å². The van der Waals surface area contributed by atoms with Crippen molar-refractivity contribution < 1.29 is 9.53 Å². The normalized spacial score (nSPS) is 18.1. The smallest absolute Gasteiger partial charge is 0.319 e. The van der Waals surface area contributed by atoms with E-state index < -0.39 is 0 Å². The van der Waals surface area contributed by atoms with Crippen LogP contribution in [0.3, 0.4) is 0 Å². The van der Waals surface area contributed by atoms with Crippen LogP contribution in [0.25, 0.3) is 0 Å². The number of amides is 2. The Hall–Kier alpha value is -1.86. The van der Waals surface area contributed by atoms with Gasteiger partial charge in [0.25, 0.3) is 0 Å². The molecule has 2 aromatic heterocycles. The molecule has 20 heavy (non-hydrogen) atoms. The number of carbonyl (C=O) groups is 1. The van der Waals surface area contributed by atoms with Gasteiger partial charge in [-0.25, -0.2) is 4.79 Å². The number of anilines is 1. The van der Waals surface area contributed by atoms with Crippen molar-refractivity contribution >= 4 is 23.1 Å². The molecule has 3 heterocycles. The summed E-state index contributed by atoms with van der Waals surface area (Å²) in [5.41, 5.74) is 0.695. The van der Waals surface area contributed by atoms with E-state index in [4.69, 9.17) is 4.74 Å². The second-order valence-electron chi connectivity index (χ2n) is 4.61. The SMILES string of the molecule is O=C(NCc1cccs1)Nc1cnn([C@@H]2CCOC2)c1. The third-order valence-corrected chi connectivity index (χ3v) is 4.02. The number of nitrogens with one attached hydrogen (secondary N) is 2. The van der Waals surface area contributed by atoms with Crippen LogP contribution in [0.1, 0.15) is 17.3 Å². The Morgan fingerprint density at radius 2 is 2.55 bits per heavy atom. The van der Waals surface area contributed by atoms with Gasteiger partial charge in [0, 0.05) is 17.7 Å². The van der Waals surface area contributed by atoms with Crippen molar-refractivity contribution in [2.45, 2.75) is 19.0 Å². The molecule has 0 saturated carbocycles. The number of hydrogen-bond acceptors (Lipinski definition) is 4. The predicted molar refractivity (Wildman–Crippen MR) is 76.9 cm³/mol. The Balaban J connectivity index is 1.50. The van der Waals surface area contributed by atoms with Gasteiger partial charge < -0.3 is 15.4 Å². The summed E-state index contributed by atoms with van der Waals surface area (Å²) in [5, 5.41) is 11.8. The lowest BCUT2D eigenvalue weighted by molar-refractivity contribution is 0.184. The first kappa shape index (κ1) is 13.1. The first-order valence-corrected chi connectivity index (χ1v) is 7.38. The van der Waals surface area contributed by atoms with Gasteiger partial charge in [-0.1, -0.05) is 6.07 Å². The Morgan fingerprint density at radius 1 is 1.60 bits per heavy atom. The van der Waals surface area contributed by atoms with Crippen LogP contribution < -0.4 is 10.6 Å². The van der Waals surface area contributed by atoms with E-state index >= 15 is 0 Å². The zero-order chi connectivity index (χ0) is 13.8. The summed E-state index contributed by atoms with van der Waals surface area (Å²) in [4.78, 5) is 12.9. The number of rotatable bonds is 4. The summed E-state index contributed by atoms with van der Waals surface area (Å²) in [5.74, 6) is 0. The van der Waals surface area contributed by atoms with Crippen LogP contribution in [0.15, 0.2) is 29.9 Å². The van der Waals surface area contributed by atoms with Gasteiger partial charge in [0.1, 0.15) is 0 Å². The molecule has 2 aromatic rings. The van der Waals surface area contributed by atoms with Crippen LogP contribution in [0.4, 0.5) is 10.5 Å². The van der Waals surface area contributed by atoms with E-state index in [1.54, 1.807) is 17.5 Å². The molecule has 0 bridgehead atoms. The molecule has 6 nitrogen and oxygen atoms in total. The van der Waals surface area contributed by atoms with Gasteiger partial charge in [0.2, 0.25) is 0 Å². The van der Waals surface area contributed by atoms with E-state index in [0.717, 1.165) is 17.9 Å². The molecule has 0 aliphatic carbocycles. The fourth-order valence-corrected chi connectivity index (χ4v) is 2.73. The second kappa shape index (κ2) is 6.06. The lowest BCUT2D eigenvalue weighted by atomic mass is 10.3. The maximum absolute atomic E-state index is 11.8. The zero-order valence-electron chi connectivity index (χ0n) is 10.9. The maximum atomic E-state index is 11.8. The highest BCUT2D eigenvalue weighted by molar-refractivity contribution is 7.09. The first-order valence-electron chi connectivity index (χ1n) is 6.50. The van der Waals surface area contributed by atoms with Gasteiger partial charge in [-0.05, 0) is 17.9 Å². The molecule has 0 unspecified atom stereocenters. The summed E-state index contributed by atoms with van der Waals surface area (Å²) in [7, 11) is 0. The van der Waals surface area contributed by atoms with Crippen molar-refractivity contribution in [1.82, 2.24) is 15.1 Å². The van der Waals surface area contributed by atoms with E-state index in [9.17, 15) is 4.79 Å². The average molecular weight is 292 g/mol. The minimum atomic E-state index is -0.222. The predicted octanol–water partition coefficient (Wildman–Crippen LogP) is 2.23. The molecule has 106 valence electrons. The van der Waals surface area contributed by atoms with Gasteiger partial charge in [0.05, 0.1) is 31.1 Å². The minimum Gasteiger partial charge on any atom is -0.379 e. The molecule has 3 rings (SSSR count). The van der Waals surface area contributed by atoms with Gasteiger partial charge in [-0.2, -0.15) is 5.10 Å². The van der Waals surface area contributed by atoms with Crippen LogP contribution in [-0.4, -0.2) is 29.0 Å². The van der Waals surface area contributed by atoms with Crippen LogP contribution in [0.2, 0.25) is 0 Å². The molecule has 0 spiro atoms. The van der Waals surface area contributed by atoms with Crippen molar-refractivity contribution in [2.75, 3.05) is 18.5 Å². The molecule has 2 N–H and O–H groups in total. The highest BCUT2D eigenvalue weighted by Gasteiger charge is 2.18. The quantitative estimate of drug-likeness (QED) is 0.908. The number of nitrogens with zero attached hydrogens (tertiary/aromatic N) is 2. The second-order valence-corrected chi connectivity index (χ2v) is 5.65. The van der Waals surface area contributed by atoms with Gasteiger partial charge in [-0.3, -0.25) is 4.68 Å². The van der Waals surface area contributed by atoms with Gasteiger partial charge >= 0.3 is 6.03 Å². The first-order chi connectivity index (χ1) is 9.81. The Bertz CT molecular complexity index is 561. The maximum Gasteiger partial charge on any atom is 0.319 e. The lowest BCUT2D eigenvalue weighted by Crippen LogP contribution is -2.27. The van der Waals surface area contributed by atoms with Crippen molar-refractivity contribution in [3.8, 4) is 0 Å². The molecular formula is C13H16N4O2S. The molecular weight excluding hydrogens is 276 g/mol. The molecule has 1 atom stereocenters. The number of carbonyl (C=O) groups excluding carboxylic acids is 1. The Labute approximate surface area is 120 Å². The van der Waals surface area contributed by atoms with Gasteiger partial charge in [-0.15, -0.1) is 11.3 Å². The molecule has 1 aliphatic rings. The van der Waals surface area contributed by atoms with Crippen LogP contribution in [0.5, 0.6) is 0 Å². The number of ether oxygens (including phenoxy) is 1. The molecule has 1 fully saturated rings. The van der Waals surface area contributed by atoms with Crippen molar-refractivity contribution in [3.05, 3.63) is 34.8 Å². The lowest BCUT2D eigenvalue weighted by Gasteiger charge is -2.07. The Morgan fingerprint density at radius 3 is 3.30 bits per heavy atom. The molecule has 2 amide bonds. The number of hydrogen-bond donors (Lipinski definition) is 2. The van der Waals surface area contributed by atoms with Crippen LogP contribution >= 0.6 is 11.3 Å². The highest BCUT2D eigenvalue weighted by Crippen LogP contribution is 2.19. The highest BCUT2D eigenvalue weighted by atomic mass is 32.1. The third kappa shape index (κ3) is 3.17. The molecule has 7 heteroatoms.